The maximum atomic E-state index is 11.0. The molecule has 0 saturated carbocycles. The number of hydrogen-bond acceptors (Lipinski definition) is 5. The molecule has 0 radical (unpaired) electrons. The van der Waals surface area contributed by atoms with Gasteiger partial charge in [0, 0.05) is 5.57 Å². The number of carbonyl (C=O) groups excluding carboxylic acids is 1. The first kappa shape index (κ1) is 17.6. The summed E-state index contributed by atoms with van der Waals surface area (Å²) in [5, 5.41) is 9.00. The molecular formula is C13H22O6. The summed E-state index contributed by atoms with van der Waals surface area (Å²) in [7, 11) is 0. The van der Waals surface area contributed by atoms with Gasteiger partial charge in [0.2, 0.25) is 0 Å². The Labute approximate surface area is 113 Å². The second-order valence-electron chi connectivity index (χ2n) is 4.51. The first-order valence-corrected chi connectivity index (χ1v) is 6.05. The minimum atomic E-state index is -0.907. The van der Waals surface area contributed by atoms with Crippen LogP contribution in [0.2, 0.25) is 0 Å². The standard InChI is InChI=1S/C13H22O6/c1-5-13(4,12(15)16)8-18-9-17-6-7-19-11(14)10(2)3/h2,5-9H2,1,3-4H3,(H,15,16). The summed E-state index contributed by atoms with van der Waals surface area (Å²) < 4.78 is 15.0. The van der Waals surface area contributed by atoms with Gasteiger partial charge < -0.3 is 19.3 Å². The van der Waals surface area contributed by atoms with Crippen LogP contribution in [-0.4, -0.2) is 43.7 Å². The second kappa shape index (κ2) is 8.66. The first-order valence-electron chi connectivity index (χ1n) is 6.05. The van der Waals surface area contributed by atoms with E-state index in [-0.39, 0.29) is 26.6 Å². The van der Waals surface area contributed by atoms with Crippen LogP contribution in [0.3, 0.4) is 0 Å². The van der Waals surface area contributed by atoms with Crippen LogP contribution < -0.4 is 0 Å². The van der Waals surface area contributed by atoms with Crippen LogP contribution >= 0.6 is 0 Å². The molecule has 1 unspecified atom stereocenters. The molecule has 6 heteroatoms. The van der Waals surface area contributed by atoms with Gasteiger partial charge in [-0.05, 0) is 20.3 Å². The Morgan fingerprint density at radius 2 is 1.89 bits per heavy atom. The number of hydrogen-bond donors (Lipinski definition) is 1. The van der Waals surface area contributed by atoms with Crippen molar-refractivity contribution < 1.29 is 28.9 Å². The van der Waals surface area contributed by atoms with E-state index in [1.54, 1.807) is 20.8 Å². The van der Waals surface area contributed by atoms with Crippen LogP contribution in [0.5, 0.6) is 0 Å². The average molecular weight is 274 g/mol. The lowest BCUT2D eigenvalue weighted by Crippen LogP contribution is -2.32. The van der Waals surface area contributed by atoms with E-state index in [1.807, 2.05) is 0 Å². The SMILES string of the molecule is C=C(C)C(=O)OCCOCOCC(C)(CC)C(=O)O. The molecule has 1 N–H and O–H groups in total. The van der Waals surface area contributed by atoms with Gasteiger partial charge in [-0.1, -0.05) is 13.5 Å². The normalized spacial score (nSPS) is 13.6. The fourth-order valence-electron chi connectivity index (χ4n) is 1.02. The highest BCUT2D eigenvalue weighted by atomic mass is 16.7. The Hall–Kier alpha value is -1.40. The van der Waals surface area contributed by atoms with Crippen LogP contribution in [0.15, 0.2) is 12.2 Å². The van der Waals surface area contributed by atoms with Gasteiger partial charge in [-0.2, -0.15) is 0 Å². The molecule has 0 bridgehead atoms. The Morgan fingerprint density at radius 1 is 1.26 bits per heavy atom. The summed E-state index contributed by atoms with van der Waals surface area (Å²) in [6, 6.07) is 0. The Bertz CT molecular complexity index is 325. The van der Waals surface area contributed by atoms with Gasteiger partial charge in [0.25, 0.3) is 0 Å². The van der Waals surface area contributed by atoms with E-state index in [9.17, 15) is 9.59 Å². The molecule has 1 atom stereocenters. The molecule has 0 aromatic heterocycles. The maximum absolute atomic E-state index is 11.0. The lowest BCUT2D eigenvalue weighted by Gasteiger charge is -2.22. The third kappa shape index (κ3) is 6.93. The average Bonchev–Trinajstić information content (AvgIpc) is 2.36. The molecule has 0 fully saturated rings. The number of carbonyl (C=O) groups is 2. The Morgan fingerprint density at radius 3 is 2.37 bits per heavy atom. The van der Waals surface area contributed by atoms with Gasteiger partial charge in [-0.3, -0.25) is 4.79 Å². The lowest BCUT2D eigenvalue weighted by molar-refractivity contribution is -0.158. The van der Waals surface area contributed by atoms with Crippen molar-refractivity contribution in [2.75, 3.05) is 26.6 Å². The third-order valence-electron chi connectivity index (χ3n) is 2.69. The maximum Gasteiger partial charge on any atom is 0.333 e. The van der Waals surface area contributed by atoms with E-state index in [1.165, 1.54) is 0 Å². The van der Waals surface area contributed by atoms with Gasteiger partial charge in [-0.15, -0.1) is 0 Å². The molecule has 0 spiro atoms. The van der Waals surface area contributed by atoms with Crippen LogP contribution in [-0.2, 0) is 23.8 Å². The number of carboxylic acid groups (broad SMARTS) is 1. The van der Waals surface area contributed by atoms with Crippen LogP contribution in [0.25, 0.3) is 0 Å². The molecule has 0 aromatic carbocycles. The number of carboxylic acids is 1. The predicted molar refractivity (Wildman–Crippen MR) is 68.6 cm³/mol. The zero-order valence-electron chi connectivity index (χ0n) is 11.7. The monoisotopic (exact) mass is 274 g/mol. The summed E-state index contributed by atoms with van der Waals surface area (Å²) in [5.41, 5.74) is -0.577. The van der Waals surface area contributed by atoms with E-state index >= 15 is 0 Å². The van der Waals surface area contributed by atoms with E-state index < -0.39 is 17.4 Å². The molecule has 0 aliphatic carbocycles. The number of aliphatic carboxylic acids is 1. The zero-order valence-corrected chi connectivity index (χ0v) is 11.7. The second-order valence-corrected chi connectivity index (χ2v) is 4.51. The van der Waals surface area contributed by atoms with Crippen molar-refractivity contribution in [3.63, 3.8) is 0 Å². The Balaban J connectivity index is 3.63. The van der Waals surface area contributed by atoms with Crippen molar-refractivity contribution in [1.82, 2.24) is 0 Å². The summed E-state index contributed by atoms with van der Waals surface area (Å²) in [5.74, 6) is -1.36. The van der Waals surface area contributed by atoms with Gasteiger partial charge in [0.15, 0.2) is 0 Å². The quantitative estimate of drug-likeness (QED) is 0.282. The van der Waals surface area contributed by atoms with E-state index in [0.29, 0.717) is 12.0 Å². The number of rotatable bonds is 10. The van der Waals surface area contributed by atoms with E-state index in [2.05, 4.69) is 6.58 Å². The molecule has 0 rings (SSSR count). The largest absolute Gasteiger partial charge is 0.481 e. The zero-order chi connectivity index (χ0) is 14.9. The predicted octanol–water partition coefficient (Wildman–Crippen LogP) is 1.60. The topological polar surface area (TPSA) is 82.1 Å². The highest BCUT2D eigenvalue weighted by Gasteiger charge is 2.31. The van der Waals surface area contributed by atoms with Crippen LogP contribution in [0.4, 0.5) is 0 Å². The fraction of sp³-hybridized carbons (Fsp3) is 0.692. The molecule has 19 heavy (non-hydrogen) atoms. The van der Waals surface area contributed by atoms with E-state index in [0.717, 1.165) is 0 Å². The summed E-state index contributed by atoms with van der Waals surface area (Å²) in [6.07, 6.45) is 0.471. The van der Waals surface area contributed by atoms with E-state index in [4.69, 9.17) is 19.3 Å². The minimum Gasteiger partial charge on any atom is -0.481 e. The van der Waals surface area contributed by atoms with Crippen molar-refractivity contribution in [3.8, 4) is 0 Å². The van der Waals surface area contributed by atoms with Crippen LogP contribution in [0, 0.1) is 5.41 Å². The highest BCUT2D eigenvalue weighted by Crippen LogP contribution is 2.21. The molecule has 0 saturated heterocycles. The molecule has 0 heterocycles. The number of esters is 1. The summed E-state index contributed by atoms with van der Waals surface area (Å²) in [4.78, 5) is 22.0. The smallest absolute Gasteiger partial charge is 0.333 e. The molecule has 0 aliphatic heterocycles. The molecule has 6 nitrogen and oxygen atoms in total. The van der Waals surface area contributed by atoms with Gasteiger partial charge in [0.1, 0.15) is 13.4 Å². The molecule has 0 aromatic rings. The summed E-state index contributed by atoms with van der Waals surface area (Å²) in [6.45, 7) is 8.74. The minimum absolute atomic E-state index is 0.0342. The lowest BCUT2D eigenvalue weighted by atomic mass is 9.89. The Kier molecular flexibility index (Phi) is 8.02. The fourth-order valence-corrected chi connectivity index (χ4v) is 1.02. The molecule has 110 valence electrons. The van der Waals surface area contributed by atoms with Gasteiger partial charge in [-0.25, -0.2) is 4.79 Å². The van der Waals surface area contributed by atoms with Crippen LogP contribution in [0.1, 0.15) is 27.2 Å². The van der Waals surface area contributed by atoms with Crippen molar-refractivity contribution in [1.29, 1.82) is 0 Å². The highest BCUT2D eigenvalue weighted by molar-refractivity contribution is 5.86. The molecule has 0 amide bonds. The first-order chi connectivity index (χ1) is 8.83. The van der Waals surface area contributed by atoms with Crippen molar-refractivity contribution in [2.45, 2.75) is 27.2 Å². The van der Waals surface area contributed by atoms with Gasteiger partial charge >= 0.3 is 11.9 Å². The number of ether oxygens (including phenoxy) is 3. The van der Waals surface area contributed by atoms with Crippen molar-refractivity contribution >= 4 is 11.9 Å². The third-order valence-corrected chi connectivity index (χ3v) is 2.69. The molecular weight excluding hydrogens is 252 g/mol. The van der Waals surface area contributed by atoms with Gasteiger partial charge in [0.05, 0.1) is 18.6 Å². The molecule has 0 aliphatic rings. The van der Waals surface area contributed by atoms with Crippen molar-refractivity contribution in [2.24, 2.45) is 5.41 Å². The summed E-state index contributed by atoms with van der Waals surface area (Å²) >= 11 is 0. The van der Waals surface area contributed by atoms with Crippen molar-refractivity contribution in [3.05, 3.63) is 12.2 Å².